The van der Waals surface area contributed by atoms with Gasteiger partial charge in [-0.3, -0.25) is 0 Å². The molecule has 0 amide bonds. The van der Waals surface area contributed by atoms with Gasteiger partial charge in [0, 0.05) is 35.7 Å². The third-order valence-electron chi connectivity index (χ3n) is 4.00. The minimum Gasteiger partial charge on any atom is -0.479 e. The molecule has 1 aromatic heterocycles. The van der Waals surface area contributed by atoms with Gasteiger partial charge in [0.2, 0.25) is 0 Å². The van der Waals surface area contributed by atoms with Crippen LogP contribution in [0.3, 0.4) is 0 Å². The number of hydrogen-bond acceptors (Lipinski definition) is 5. The lowest BCUT2D eigenvalue weighted by molar-refractivity contribution is -0.162. The highest BCUT2D eigenvalue weighted by atomic mass is 35.5. The Morgan fingerprint density at radius 1 is 1.26 bits per heavy atom. The molecule has 0 atom stereocenters. The second-order valence-corrected chi connectivity index (χ2v) is 9.17. The van der Waals surface area contributed by atoms with Crippen molar-refractivity contribution in [2.24, 2.45) is 0 Å². The molecule has 2 N–H and O–H groups in total. The average Bonchev–Trinajstić information content (AvgIpc) is 2.91. The lowest BCUT2D eigenvalue weighted by Crippen LogP contribution is -2.50. The first kappa shape index (κ1) is 16.7. The zero-order valence-electron chi connectivity index (χ0n) is 11.9. The number of rotatable bonds is 3. The third-order valence-corrected chi connectivity index (χ3v) is 7.70. The number of carboxylic acids is 1. The van der Waals surface area contributed by atoms with Gasteiger partial charge in [0.15, 0.2) is 5.60 Å². The van der Waals surface area contributed by atoms with E-state index in [4.69, 9.17) is 16.7 Å². The second-order valence-electron chi connectivity index (χ2n) is 5.49. The van der Waals surface area contributed by atoms with Crippen LogP contribution in [0.25, 0.3) is 10.1 Å². The van der Waals surface area contributed by atoms with Gasteiger partial charge in [0.1, 0.15) is 4.21 Å². The van der Waals surface area contributed by atoms with Crippen LogP contribution in [0.1, 0.15) is 12.8 Å². The summed E-state index contributed by atoms with van der Waals surface area (Å²) in [6, 6.07) is 6.73. The lowest BCUT2D eigenvalue weighted by atomic mass is 9.93. The van der Waals surface area contributed by atoms with Gasteiger partial charge in [-0.25, -0.2) is 13.2 Å². The second kappa shape index (κ2) is 5.71. The van der Waals surface area contributed by atoms with E-state index in [0.717, 1.165) is 21.4 Å². The molecule has 23 heavy (non-hydrogen) atoms. The van der Waals surface area contributed by atoms with Gasteiger partial charge in [0.05, 0.1) is 0 Å². The van der Waals surface area contributed by atoms with Gasteiger partial charge in [0.25, 0.3) is 10.0 Å². The Hall–Kier alpha value is -1.19. The number of aliphatic hydroxyl groups is 1. The maximum Gasteiger partial charge on any atom is 0.335 e. The number of benzene rings is 1. The highest BCUT2D eigenvalue weighted by molar-refractivity contribution is 7.91. The first-order valence-corrected chi connectivity index (χ1v) is 9.51. The Morgan fingerprint density at radius 2 is 1.91 bits per heavy atom. The van der Waals surface area contributed by atoms with Crippen molar-refractivity contribution in [2.45, 2.75) is 22.7 Å². The van der Waals surface area contributed by atoms with Crippen LogP contribution >= 0.6 is 22.9 Å². The molecule has 3 rings (SSSR count). The van der Waals surface area contributed by atoms with Crippen molar-refractivity contribution in [1.82, 2.24) is 4.31 Å². The molecule has 2 aromatic rings. The molecule has 0 radical (unpaired) electrons. The minimum atomic E-state index is -3.71. The van der Waals surface area contributed by atoms with Crippen LogP contribution in [0.2, 0.25) is 5.02 Å². The standard InChI is InChI=1S/C14H14ClNO5S2/c15-10-1-2-11-9(7-10)8-12(22-11)23(20,21)16-5-3-14(19,4-6-16)13(17)18/h1-2,7-8,19H,3-6H2,(H,17,18). The molecular formula is C14H14ClNO5S2. The van der Waals surface area contributed by atoms with E-state index >= 15 is 0 Å². The smallest absolute Gasteiger partial charge is 0.335 e. The first-order valence-electron chi connectivity index (χ1n) is 6.87. The van der Waals surface area contributed by atoms with E-state index in [0.29, 0.717) is 5.02 Å². The Labute approximate surface area is 142 Å². The van der Waals surface area contributed by atoms with Crippen molar-refractivity contribution < 1.29 is 23.4 Å². The zero-order chi connectivity index (χ0) is 16.8. The maximum atomic E-state index is 12.7. The molecule has 1 saturated heterocycles. The predicted octanol–water partition coefficient (Wildman–Crippen LogP) is 2.15. The van der Waals surface area contributed by atoms with Crippen molar-refractivity contribution in [3.05, 3.63) is 29.3 Å². The maximum absolute atomic E-state index is 12.7. The van der Waals surface area contributed by atoms with E-state index in [1.165, 1.54) is 4.31 Å². The van der Waals surface area contributed by atoms with Crippen molar-refractivity contribution in [3.8, 4) is 0 Å². The van der Waals surface area contributed by atoms with E-state index in [1.54, 1.807) is 24.3 Å². The number of thiophene rings is 1. The molecule has 2 heterocycles. The topological polar surface area (TPSA) is 94.9 Å². The van der Waals surface area contributed by atoms with Crippen molar-refractivity contribution in [1.29, 1.82) is 0 Å². The molecule has 0 unspecified atom stereocenters. The number of carboxylic acid groups (broad SMARTS) is 1. The van der Waals surface area contributed by atoms with Crippen LogP contribution in [0.4, 0.5) is 0 Å². The van der Waals surface area contributed by atoms with Gasteiger partial charge in [-0.05, 0) is 29.7 Å². The van der Waals surface area contributed by atoms with E-state index in [-0.39, 0.29) is 30.1 Å². The van der Waals surface area contributed by atoms with Gasteiger partial charge >= 0.3 is 5.97 Å². The number of piperidine rings is 1. The SMILES string of the molecule is O=C(O)C1(O)CCN(S(=O)(=O)c2cc3cc(Cl)ccc3s2)CC1. The molecule has 1 aliphatic heterocycles. The fourth-order valence-electron chi connectivity index (χ4n) is 2.55. The summed E-state index contributed by atoms with van der Waals surface area (Å²) in [5.74, 6) is -1.31. The summed E-state index contributed by atoms with van der Waals surface area (Å²) in [7, 11) is -3.71. The minimum absolute atomic E-state index is 0.0276. The summed E-state index contributed by atoms with van der Waals surface area (Å²) < 4.78 is 27.6. The zero-order valence-corrected chi connectivity index (χ0v) is 14.3. The number of carbonyl (C=O) groups is 1. The van der Waals surface area contributed by atoms with Gasteiger partial charge < -0.3 is 10.2 Å². The van der Waals surface area contributed by atoms with E-state index in [2.05, 4.69) is 0 Å². The Morgan fingerprint density at radius 3 is 2.52 bits per heavy atom. The van der Waals surface area contributed by atoms with E-state index in [9.17, 15) is 18.3 Å². The Kier molecular flexibility index (Phi) is 4.14. The monoisotopic (exact) mass is 375 g/mol. The molecule has 1 fully saturated rings. The van der Waals surface area contributed by atoms with Gasteiger partial charge in [-0.15, -0.1) is 11.3 Å². The molecule has 0 saturated carbocycles. The molecule has 1 aliphatic rings. The molecule has 0 spiro atoms. The van der Waals surface area contributed by atoms with Gasteiger partial charge in [-0.2, -0.15) is 4.31 Å². The highest BCUT2D eigenvalue weighted by Gasteiger charge is 2.42. The number of sulfonamides is 1. The van der Waals surface area contributed by atoms with Crippen LogP contribution in [0, 0.1) is 0 Å². The summed E-state index contributed by atoms with van der Waals surface area (Å²) in [4.78, 5) is 11.0. The molecule has 9 heteroatoms. The summed E-state index contributed by atoms with van der Waals surface area (Å²) in [5.41, 5.74) is -1.85. The fraction of sp³-hybridized carbons (Fsp3) is 0.357. The molecule has 0 aliphatic carbocycles. The number of fused-ring (bicyclic) bond motifs is 1. The van der Waals surface area contributed by atoms with Crippen molar-refractivity contribution in [3.63, 3.8) is 0 Å². The van der Waals surface area contributed by atoms with Crippen LogP contribution in [-0.2, 0) is 14.8 Å². The highest BCUT2D eigenvalue weighted by Crippen LogP contribution is 2.34. The largest absolute Gasteiger partial charge is 0.479 e. The van der Waals surface area contributed by atoms with E-state index in [1.807, 2.05) is 0 Å². The predicted molar refractivity (Wildman–Crippen MR) is 87.4 cm³/mol. The lowest BCUT2D eigenvalue weighted by Gasteiger charge is -2.34. The Balaban J connectivity index is 1.88. The molecule has 1 aromatic carbocycles. The quantitative estimate of drug-likeness (QED) is 0.857. The van der Waals surface area contributed by atoms with Crippen LogP contribution in [0.5, 0.6) is 0 Å². The number of halogens is 1. The molecule has 0 bridgehead atoms. The summed E-state index contributed by atoms with van der Waals surface area (Å²) in [6.07, 6.45) is -0.253. The Bertz CT molecular complexity index is 868. The van der Waals surface area contributed by atoms with Crippen LogP contribution in [0.15, 0.2) is 28.5 Å². The average molecular weight is 376 g/mol. The summed E-state index contributed by atoms with van der Waals surface area (Å²) in [6.45, 7) is -0.0553. The molecule has 124 valence electrons. The van der Waals surface area contributed by atoms with Gasteiger partial charge in [-0.1, -0.05) is 11.6 Å². The normalized spacial score (nSPS) is 19.0. The van der Waals surface area contributed by atoms with Crippen LogP contribution < -0.4 is 0 Å². The summed E-state index contributed by atoms with van der Waals surface area (Å²) in [5, 5.41) is 20.2. The van der Waals surface area contributed by atoms with Crippen LogP contribution in [-0.4, -0.2) is 47.6 Å². The van der Waals surface area contributed by atoms with Crippen molar-refractivity contribution in [2.75, 3.05) is 13.1 Å². The number of nitrogens with zero attached hydrogens (tertiary/aromatic N) is 1. The summed E-state index contributed by atoms with van der Waals surface area (Å²) >= 11 is 7.06. The molecular weight excluding hydrogens is 362 g/mol. The third kappa shape index (κ3) is 2.97. The fourth-order valence-corrected chi connectivity index (χ4v) is 5.71. The van der Waals surface area contributed by atoms with E-state index < -0.39 is 21.6 Å². The van der Waals surface area contributed by atoms with Crippen molar-refractivity contribution >= 4 is 49.0 Å². The number of aliphatic carboxylic acids is 1. The number of hydrogen-bond donors (Lipinski definition) is 2. The molecule has 6 nitrogen and oxygen atoms in total. The first-order chi connectivity index (χ1) is 10.7.